The largest absolute Gasteiger partial charge is 0.493 e. The van der Waals surface area contributed by atoms with Crippen LogP contribution in [0.2, 0.25) is 0 Å². The molecule has 0 fully saturated rings. The van der Waals surface area contributed by atoms with Gasteiger partial charge in [-0.2, -0.15) is 0 Å². The van der Waals surface area contributed by atoms with Gasteiger partial charge in [0, 0.05) is 19.0 Å². The SMILES string of the molecule is COc1ccc(C2CN(C)Cc3cc4c(cc32)OCO4)cc1OC. The quantitative estimate of drug-likeness (QED) is 0.867. The first kappa shape index (κ1) is 15.1. The standard InChI is InChI=1S/C19H21NO4/c1-20-9-13-7-18-19(24-11-23-18)8-14(13)15(10-20)12-4-5-16(21-2)17(6-12)22-3/h4-8,15H,9-11H2,1-3H3. The lowest BCUT2D eigenvalue weighted by atomic mass is 9.84. The summed E-state index contributed by atoms with van der Waals surface area (Å²) in [6.45, 7) is 2.16. The first-order valence-corrected chi connectivity index (χ1v) is 8.02. The van der Waals surface area contributed by atoms with Gasteiger partial charge in [0.15, 0.2) is 23.0 Å². The van der Waals surface area contributed by atoms with E-state index in [1.807, 2.05) is 6.07 Å². The van der Waals surface area contributed by atoms with Crippen molar-refractivity contribution >= 4 is 0 Å². The molecular weight excluding hydrogens is 306 g/mol. The van der Waals surface area contributed by atoms with Crippen LogP contribution in [0.25, 0.3) is 0 Å². The van der Waals surface area contributed by atoms with Crippen LogP contribution in [0.15, 0.2) is 30.3 Å². The minimum absolute atomic E-state index is 0.257. The highest BCUT2D eigenvalue weighted by Gasteiger charge is 2.29. The normalized spacial score (nSPS) is 19.0. The molecule has 0 N–H and O–H groups in total. The summed E-state index contributed by atoms with van der Waals surface area (Å²) in [6, 6.07) is 10.4. The number of benzene rings is 2. The lowest BCUT2D eigenvalue weighted by Crippen LogP contribution is -2.31. The summed E-state index contributed by atoms with van der Waals surface area (Å²) in [7, 11) is 5.46. The van der Waals surface area contributed by atoms with Crippen LogP contribution in [-0.4, -0.2) is 39.5 Å². The molecule has 1 unspecified atom stereocenters. The number of likely N-dealkylation sites (N-methyl/N-ethyl adjacent to an activating group) is 1. The lowest BCUT2D eigenvalue weighted by molar-refractivity contribution is 0.174. The van der Waals surface area contributed by atoms with Crippen LogP contribution in [0, 0.1) is 0 Å². The van der Waals surface area contributed by atoms with E-state index in [1.54, 1.807) is 14.2 Å². The van der Waals surface area contributed by atoms with E-state index in [1.165, 1.54) is 16.7 Å². The second-order valence-corrected chi connectivity index (χ2v) is 6.27. The fraction of sp³-hybridized carbons (Fsp3) is 0.368. The van der Waals surface area contributed by atoms with E-state index in [-0.39, 0.29) is 5.92 Å². The van der Waals surface area contributed by atoms with Gasteiger partial charge in [0.1, 0.15) is 0 Å². The van der Waals surface area contributed by atoms with Crippen molar-refractivity contribution in [3.8, 4) is 23.0 Å². The average Bonchev–Trinajstić information content (AvgIpc) is 3.05. The topological polar surface area (TPSA) is 40.2 Å². The van der Waals surface area contributed by atoms with Crippen molar-refractivity contribution < 1.29 is 18.9 Å². The summed E-state index contributed by atoms with van der Waals surface area (Å²) in [5.41, 5.74) is 3.79. The smallest absolute Gasteiger partial charge is 0.231 e. The van der Waals surface area contributed by atoms with Crippen molar-refractivity contribution in [3.05, 3.63) is 47.0 Å². The molecule has 5 heteroatoms. The zero-order valence-corrected chi connectivity index (χ0v) is 14.2. The fourth-order valence-corrected chi connectivity index (χ4v) is 3.58. The third-order valence-electron chi connectivity index (χ3n) is 4.75. The number of methoxy groups -OCH3 is 2. The zero-order chi connectivity index (χ0) is 16.7. The molecule has 24 heavy (non-hydrogen) atoms. The van der Waals surface area contributed by atoms with Gasteiger partial charge in [-0.1, -0.05) is 6.07 Å². The molecule has 4 rings (SSSR count). The minimum atomic E-state index is 0.257. The zero-order valence-electron chi connectivity index (χ0n) is 14.2. The van der Waals surface area contributed by atoms with E-state index in [2.05, 4.69) is 36.2 Å². The lowest BCUT2D eigenvalue weighted by Gasteiger charge is -2.33. The second kappa shape index (κ2) is 5.91. The van der Waals surface area contributed by atoms with Gasteiger partial charge in [0.2, 0.25) is 6.79 Å². The molecule has 0 radical (unpaired) electrons. The summed E-state index contributed by atoms with van der Waals surface area (Å²) in [6.07, 6.45) is 0. The number of hydrogen-bond donors (Lipinski definition) is 0. The Labute approximate surface area is 141 Å². The third kappa shape index (κ3) is 2.45. The Kier molecular flexibility index (Phi) is 3.73. The second-order valence-electron chi connectivity index (χ2n) is 6.27. The van der Waals surface area contributed by atoms with Gasteiger partial charge < -0.3 is 23.8 Å². The van der Waals surface area contributed by atoms with Crippen LogP contribution in [-0.2, 0) is 6.54 Å². The van der Waals surface area contributed by atoms with Gasteiger partial charge >= 0.3 is 0 Å². The van der Waals surface area contributed by atoms with Crippen LogP contribution >= 0.6 is 0 Å². The minimum Gasteiger partial charge on any atom is -0.493 e. The van der Waals surface area contributed by atoms with Gasteiger partial charge in [0.05, 0.1) is 14.2 Å². The summed E-state index contributed by atoms with van der Waals surface area (Å²) in [5.74, 6) is 3.44. The predicted molar refractivity (Wildman–Crippen MR) is 90.3 cm³/mol. The summed E-state index contributed by atoms with van der Waals surface area (Å²) >= 11 is 0. The van der Waals surface area contributed by atoms with E-state index in [9.17, 15) is 0 Å². The van der Waals surface area contributed by atoms with Gasteiger partial charge in [-0.25, -0.2) is 0 Å². The number of hydrogen-bond acceptors (Lipinski definition) is 5. The van der Waals surface area contributed by atoms with E-state index >= 15 is 0 Å². The Bertz CT molecular complexity index is 774. The van der Waals surface area contributed by atoms with E-state index in [0.29, 0.717) is 6.79 Å². The van der Waals surface area contributed by atoms with Crippen LogP contribution in [0.3, 0.4) is 0 Å². The van der Waals surface area contributed by atoms with Crippen molar-refractivity contribution in [2.45, 2.75) is 12.5 Å². The van der Waals surface area contributed by atoms with Gasteiger partial charge in [-0.05, 0) is 48.0 Å². The number of fused-ring (bicyclic) bond motifs is 2. The highest BCUT2D eigenvalue weighted by molar-refractivity contribution is 5.54. The van der Waals surface area contributed by atoms with Crippen LogP contribution < -0.4 is 18.9 Å². The van der Waals surface area contributed by atoms with Crippen molar-refractivity contribution in [2.75, 3.05) is 34.6 Å². The summed E-state index contributed by atoms with van der Waals surface area (Å²) in [5, 5.41) is 0. The predicted octanol–water partition coefficient (Wildman–Crippen LogP) is 3.01. The van der Waals surface area contributed by atoms with Gasteiger partial charge in [-0.15, -0.1) is 0 Å². The molecule has 2 aromatic carbocycles. The molecule has 0 amide bonds. The summed E-state index contributed by atoms with van der Waals surface area (Å²) in [4.78, 5) is 2.33. The molecule has 2 aromatic rings. The molecule has 0 saturated carbocycles. The molecule has 1 atom stereocenters. The Morgan fingerprint density at radius 2 is 1.75 bits per heavy atom. The monoisotopic (exact) mass is 327 g/mol. The fourth-order valence-electron chi connectivity index (χ4n) is 3.58. The van der Waals surface area contributed by atoms with E-state index in [0.717, 1.165) is 36.1 Å². The van der Waals surface area contributed by atoms with Crippen molar-refractivity contribution in [2.24, 2.45) is 0 Å². The Morgan fingerprint density at radius 1 is 1.00 bits per heavy atom. The molecule has 2 aliphatic heterocycles. The van der Waals surface area contributed by atoms with E-state index in [4.69, 9.17) is 18.9 Å². The maximum absolute atomic E-state index is 5.58. The highest BCUT2D eigenvalue weighted by atomic mass is 16.7. The molecule has 2 heterocycles. The Balaban J connectivity index is 1.79. The molecule has 0 bridgehead atoms. The molecule has 2 aliphatic rings. The first-order valence-electron chi connectivity index (χ1n) is 8.02. The van der Waals surface area contributed by atoms with Crippen molar-refractivity contribution in [1.29, 1.82) is 0 Å². The maximum Gasteiger partial charge on any atom is 0.231 e. The third-order valence-corrected chi connectivity index (χ3v) is 4.75. The molecule has 126 valence electrons. The molecule has 0 aliphatic carbocycles. The van der Waals surface area contributed by atoms with Crippen LogP contribution in [0.1, 0.15) is 22.6 Å². The van der Waals surface area contributed by atoms with Gasteiger partial charge in [0.25, 0.3) is 0 Å². The van der Waals surface area contributed by atoms with E-state index < -0.39 is 0 Å². The Morgan fingerprint density at radius 3 is 2.50 bits per heavy atom. The molecule has 0 aromatic heterocycles. The number of nitrogens with zero attached hydrogens (tertiary/aromatic N) is 1. The maximum atomic E-state index is 5.58. The molecule has 5 nitrogen and oxygen atoms in total. The van der Waals surface area contributed by atoms with Crippen molar-refractivity contribution in [3.63, 3.8) is 0 Å². The number of ether oxygens (including phenoxy) is 4. The average molecular weight is 327 g/mol. The van der Waals surface area contributed by atoms with Gasteiger partial charge in [-0.3, -0.25) is 0 Å². The molecule has 0 saturated heterocycles. The number of rotatable bonds is 3. The Hall–Kier alpha value is -2.40. The summed E-state index contributed by atoms with van der Waals surface area (Å²) < 4.78 is 21.9. The van der Waals surface area contributed by atoms with Crippen molar-refractivity contribution in [1.82, 2.24) is 4.90 Å². The van der Waals surface area contributed by atoms with Crippen LogP contribution in [0.4, 0.5) is 0 Å². The first-order chi connectivity index (χ1) is 11.7. The molecular formula is C19H21NO4. The highest BCUT2D eigenvalue weighted by Crippen LogP contribution is 2.43. The molecule has 0 spiro atoms. The van der Waals surface area contributed by atoms with Crippen LogP contribution in [0.5, 0.6) is 23.0 Å².